The van der Waals surface area contributed by atoms with E-state index in [4.69, 9.17) is 0 Å². The maximum atomic E-state index is 12.9. The Morgan fingerprint density at radius 2 is 1.25 bits per heavy atom. The highest BCUT2D eigenvalue weighted by molar-refractivity contribution is 5.39. The fourth-order valence-electron chi connectivity index (χ4n) is 2.46. The Kier molecular flexibility index (Phi) is 4.61. The Balaban J connectivity index is 2.21. The van der Waals surface area contributed by atoms with Crippen molar-refractivity contribution in [2.75, 3.05) is 0 Å². The summed E-state index contributed by atoms with van der Waals surface area (Å²) in [5.74, 6) is 0. The van der Waals surface area contributed by atoms with Crippen LogP contribution in [0, 0.1) is 0 Å². The molecule has 0 aliphatic heterocycles. The Morgan fingerprint density at radius 1 is 0.750 bits per heavy atom. The van der Waals surface area contributed by atoms with Gasteiger partial charge >= 0.3 is 23.7 Å². The molecular weight excluding hydrogens is 392 g/mol. The Bertz CT molecular complexity index is 1140. The average molecular weight is 401 g/mol. The van der Waals surface area contributed by atoms with Gasteiger partial charge in [0, 0.05) is 0 Å². The van der Waals surface area contributed by atoms with Crippen LogP contribution >= 0.6 is 0 Å². The third-order valence-electron chi connectivity index (χ3n) is 3.76. The van der Waals surface area contributed by atoms with E-state index in [9.17, 15) is 35.9 Å². The van der Waals surface area contributed by atoms with Crippen molar-refractivity contribution >= 4 is 0 Å². The standard InChI is InChI=1S/C17H9F6N3O2/c18-16(19,20)10-3-1-5-12(7-10)25-9-24-14(27)26(15(25)28)13-6-2-4-11(8-13)17(21,22)23/h1-9H. The first-order valence-electron chi connectivity index (χ1n) is 7.54. The van der Waals surface area contributed by atoms with Crippen molar-refractivity contribution in [2.45, 2.75) is 12.4 Å². The first kappa shape index (κ1) is 19.4. The quantitative estimate of drug-likeness (QED) is 0.619. The van der Waals surface area contributed by atoms with Crippen LogP contribution in [0.2, 0.25) is 0 Å². The lowest BCUT2D eigenvalue weighted by molar-refractivity contribution is -0.138. The van der Waals surface area contributed by atoms with Crippen LogP contribution in [0.1, 0.15) is 11.1 Å². The molecule has 0 aliphatic carbocycles. The number of nitrogens with zero attached hydrogens (tertiary/aromatic N) is 3. The van der Waals surface area contributed by atoms with Crippen molar-refractivity contribution in [3.05, 3.63) is 87.0 Å². The van der Waals surface area contributed by atoms with E-state index in [1.165, 1.54) is 6.07 Å². The molecule has 0 radical (unpaired) electrons. The van der Waals surface area contributed by atoms with Crippen LogP contribution in [-0.4, -0.2) is 14.1 Å². The van der Waals surface area contributed by atoms with Crippen molar-refractivity contribution in [3.8, 4) is 11.4 Å². The number of halogens is 6. The maximum Gasteiger partial charge on any atom is 0.416 e. The summed E-state index contributed by atoms with van der Waals surface area (Å²) >= 11 is 0. The number of rotatable bonds is 2. The van der Waals surface area contributed by atoms with Crippen LogP contribution in [0.25, 0.3) is 11.4 Å². The van der Waals surface area contributed by atoms with Crippen molar-refractivity contribution in [1.29, 1.82) is 0 Å². The molecule has 0 unspecified atom stereocenters. The minimum atomic E-state index is -4.72. The van der Waals surface area contributed by atoms with Crippen LogP contribution in [0.5, 0.6) is 0 Å². The van der Waals surface area contributed by atoms with Crippen molar-refractivity contribution in [1.82, 2.24) is 14.1 Å². The molecule has 11 heteroatoms. The smallest absolute Gasteiger partial charge is 0.252 e. The zero-order chi connectivity index (χ0) is 20.7. The minimum Gasteiger partial charge on any atom is -0.252 e. The number of hydrogen-bond acceptors (Lipinski definition) is 3. The number of hydrogen-bond donors (Lipinski definition) is 0. The molecule has 3 aromatic rings. The van der Waals surface area contributed by atoms with E-state index in [1.807, 2.05) is 0 Å². The molecule has 3 rings (SSSR count). The summed E-state index contributed by atoms with van der Waals surface area (Å²) in [5.41, 5.74) is -5.17. The van der Waals surface area contributed by atoms with Gasteiger partial charge in [0.25, 0.3) is 0 Å². The SMILES string of the molecule is O=c1ncn(-c2cccc(C(F)(F)F)c2)c(=O)n1-c1cccc(C(F)(F)F)c1. The molecule has 0 saturated heterocycles. The van der Waals surface area contributed by atoms with E-state index in [1.54, 1.807) is 0 Å². The topological polar surface area (TPSA) is 56.9 Å². The van der Waals surface area contributed by atoms with E-state index < -0.39 is 40.5 Å². The van der Waals surface area contributed by atoms with Gasteiger partial charge in [0.15, 0.2) is 0 Å². The van der Waals surface area contributed by atoms with Gasteiger partial charge in [-0.1, -0.05) is 12.1 Å². The lowest BCUT2D eigenvalue weighted by atomic mass is 10.2. The Labute approximate surface area is 152 Å². The van der Waals surface area contributed by atoms with Gasteiger partial charge in [-0.05, 0) is 36.4 Å². The van der Waals surface area contributed by atoms with Crippen LogP contribution in [0.15, 0.2) is 64.4 Å². The second-order valence-electron chi connectivity index (χ2n) is 5.61. The van der Waals surface area contributed by atoms with Gasteiger partial charge < -0.3 is 0 Å². The first-order chi connectivity index (χ1) is 13.0. The van der Waals surface area contributed by atoms with E-state index in [0.717, 1.165) is 30.3 Å². The zero-order valence-corrected chi connectivity index (χ0v) is 13.6. The van der Waals surface area contributed by atoms with Crippen molar-refractivity contribution in [3.63, 3.8) is 0 Å². The molecule has 28 heavy (non-hydrogen) atoms. The molecule has 0 fully saturated rings. The molecule has 5 nitrogen and oxygen atoms in total. The molecule has 0 amide bonds. The van der Waals surface area contributed by atoms with Crippen LogP contribution < -0.4 is 11.4 Å². The third-order valence-corrected chi connectivity index (χ3v) is 3.76. The van der Waals surface area contributed by atoms with Crippen LogP contribution in [0.4, 0.5) is 26.3 Å². The Hall–Kier alpha value is -3.37. The highest BCUT2D eigenvalue weighted by Gasteiger charge is 2.31. The highest BCUT2D eigenvalue weighted by atomic mass is 19.4. The lowest BCUT2D eigenvalue weighted by Gasteiger charge is -2.13. The highest BCUT2D eigenvalue weighted by Crippen LogP contribution is 2.31. The van der Waals surface area contributed by atoms with Crippen molar-refractivity contribution < 1.29 is 26.3 Å². The van der Waals surface area contributed by atoms with Gasteiger partial charge in [0.05, 0.1) is 22.5 Å². The predicted octanol–water partition coefficient (Wildman–Crippen LogP) is 3.42. The Morgan fingerprint density at radius 3 is 1.79 bits per heavy atom. The van der Waals surface area contributed by atoms with Crippen LogP contribution in [0.3, 0.4) is 0 Å². The fraction of sp³-hybridized carbons (Fsp3) is 0.118. The third kappa shape index (κ3) is 3.68. The van der Waals surface area contributed by atoms with E-state index in [0.29, 0.717) is 27.6 Å². The van der Waals surface area contributed by atoms with Crippen molar-refractivity contribution in [2.24, 2.45) is 0 Å². The molecule has 0 spiro atoms. The molecule has 0 N–H and O–H groups in total. The van der Waals surface area contributed by atoms with Gasteiger partial charge in [-0.25, -0.2) is 14.2 Å². The molecule has 0 bridgehead atoms. The van der Waals surface area contributed by atoms with E-state index >= 15 is 0 Å². The van der Waals surface area contributed by atoms with Gasteiger partial charge in [-0.2, -0.15) is 31.3 Å². The number of alkyl halides is 6. The van der Waals surface area contributed by atoms with Gasteiger partial charge in [0.2, 0.25) is 0 Å². The van der Waals surface area contributed by atoms with E-state index in [2.05, 4.69) is 4.98 Å². The molecule has 1 aromatic heterocycles. The van der Waals surface area contributed by atoms with Gasteiger partial charge in [0.1, 0.15) is 6.33 Å². The second kappa shape index (κ2) is 6.66. The summed E-state index contributed by atoms with van der Waals surface area (Å²) < 4.78 is 78.3. The molecule has 0 saturated carbocycles. The molecule has 0 atom stereocenters. The van der Waals surface area contributed by atoms with Gasteiger partial charge in [-0.15, -0.1) is 0 Å². The molecule has 146 valence electrons. The molecule has 0 aliphatic rings. The second-order valence-corrected chi connectivity index (χ2v) is 5.61. The summed E-state index contributed by atoms with van der Waals surface area (Å²) in [6, 6.07) is 7.04. The number of benzene rings is 2. The molecule has 1 heterocycles. The zero-order valence-electron chi connectivity index (χ0n) is 13.6. The van der Waals surface area contributed by atoms with Gasteiger partial charge in [-0.3, -0.25) is 4.57 Å². The summed E-state index contributed by atoms with van der Waals surface area (Å²) in [6.07, 6.45) is -8.69. The summed E-state index contributed by atoms with van der Waals surface area (Å²) in [5, 5.41) is 0. The summed E-state index contributed by atoms with van der Waals surface area (Å²) in [7, 11) is 0. The average Bonchev–Trinajstić information content (AvgIpc) is 2.61. The minimum absolute atomic E-state index is 0.256. The molecule has 2 aromatic carbocycles. The first-order valence-corrected chi connectivity index (χ1v) is 7.54. The maximum absolute atomic E-state index is 12.9. The number of aromatic nitrogens is 3. The van der Waals surface area contributed by atoms with E-state index in [-0.39, 0.29) is 5.69 Å². The summed E-state index contributed by atoms with van der Waals surface area (Å²) in [6.45, 7) is 0. The summed E-state index contributed by atoms with van der Waals surface area (Å²) in [4.78, 5) is 28.0. The lowest BCUT2D eigenvalue weighted by Crippen LogP contribution is -2.39. The largest absolute Gasteiger partial charge is 0.416 e. The van der Waals surface area contributed by atoms with Crippen LogP contribution in [-0.2, 0) is 12.4 Å². The normalized spacial score (nSPS) is 12.2. The fourth-order valence-corrected chi connectivity index (χ4v) is 2.46. The monoisotopic (exact) mass is 401 g/mol. The molecular formula is C17H9F6N3O2. The predicted molar refractivity (Wildman–Crippen MR) is 85.4 cm³/mol.